The Kier molecular flexibility index (Phi) is 2.76. The van der Waals surface area contributed by atoms with E-state index < -0.39 is 43.8 Å². The van der Waals surface area contributed by atoms with Crippen molar-refractivity contribution in [2.24, 2.45) is 0 Å². The Bertz CT molecular complexity index is 129. The van der Waals surface area contributed by atoms with E-state index in [0.29, 0.717) is 0 Å². The third kappa shape index (κ3) is 1.67. The summed E-state index contributed by atoms with van der Waals surface area (Å²) in [4.78, 5) is 0. The average Bonchev–Trinajstić information content (AvgIpc) is 1.97. The van der Waals surface area contributed by atoms with Gasteiger partial charge in [0.25, 0.3) is 0 Å². The van der Waals surface area contributed by atoms with Crippen molar-refractivity contribution in [3.05, 3.63) is 0 Å². The summed E-state index contributed by atoms with van der Waals surface area (Å²) in [7, 11) is 0. The molecule has 1 fully saturated rings. The standard InChI is InChI=1S/C5H5F5.Al.H/c6-1-3(8)5(10)4(9)2-7;;/h1-5H;;. The highest BCUT2D eigenvalue weighted by atomic mass is 27.1. The van der Waals surface area contributed by atoms with Crippen molar-refractivity contribution in [3.63, 3.8) is 0 Å². The fraction of sp³-hybridized carbons (Fsp3) is 1.00. The summed E-state index contributed by atoms with van der Waals surface area (Å²) in [5.74, 6) is 0. The molecule has 0 bridgehead atoms. The molecule has 11 heavy (non-hydrogen) atoms. The molecule has 0 aliphatic carbocycles. The van der Waals surface area contributed by atoms with Gasteiger partial charge < -0.3 is 0 Å². The van der Waals surface area contributed by atoms with Gasteiger partial charge in [-0.1, -0.05) is 0 Å². The Labute approximate surface area is 66.5 Å². The van der Waals surface area contributed by atoms with Gasteiger partial charge in [-0.25, -0.2) is 13.2 Å². The Balaban J connectivity index is 2.63. The zero-order valence-corrected chi connectivity index (χ0v) is 6.90. The number of hydrogen-bond acceptors (Lipinski definition) is 0. The van der Waals surface area contributed by atoms with Gasteiger partial charge in [-0.2, -0.15) is 0 Å². The maximum Gasteiger partial charge on any atom is 0.353 e. The van der Waals surface area contributed by atoms with E-state index in [0.717, 1.165) is 0 Å². The molecular formula is C5H6AlF5. The van der Waals surface area contributed by atoms with Gasteiger partial charge in [-0.05, 0) is 0 Å². The highest BCUT2D eigenvalue weighted by Gasteiger charge is 2.48. The fourth-order valence-electron chi connectivity index (χ4n) is 1.05. The Hall–Kier alpha value is 0.182. The van der Waals surface area contributed by atoms with E-state index in [-0.39, 0.29) is 0 Å². The minimum absolute atomic E-state index is 2.08. The summed E-state index contributed by atoms with van der Waals surface area (Å²) in [6.45, 7) is 0. The molecular weight excluding hydrogens is 182 g/mol. The Morgan fingerprint density at radius 1 is 0.636 bits per heavy atom. The first-order chi connectivity index (χ1) is 5.04. The van der Waals surface area contributed by atoms with Crippen molar-refractivity contribution in [1.29, 1.82) is 0 Å². The van der Waals surface area contributed by atoms with E-state index in [2.05, 4.69) is 0 Å². The number of halogens is 5. The molecule has 1 saturated heterocycles. The molecule has 1 aliphatic heterocycles. The van der Waals surface area contributed by atoms with Gasteiger partial charge in [-0.15, -0.1) is 0 Å². The lowest BCUT2D eigenvalue weighted by Gasteiger charge is -2.27. The first-order valence-corrected chi connectivity index (χ1v) is 4.87. The Morgan fingerprint density at radius 2 is 1.00 bits per heavy atom. The van der Waals surface area contributed by atoms with Gasteiger partial charge in [0.15, 0.2) is 18.5 Å². The first-order valence-electron chi connectivity index (χ1n) is 3.24. The van der Waals surface area contributed by atoms with E-state index in [1.54, 1.807) is 0 Å². The van der Waals surface area contributed by atoms with Crippen molar-refractivity contribution in [2.75, 3.05) is 0 Å². The molecule has 0 aromatic heterocycles. The first kappa shape index (κ1) is 9.27. The summed E-state index contributed by atoms with van der Waals surface area (Å²) in [5.41, 5.74) is 0. The maximum atomic E-state index is 12.3. The third-order valence-electron chi connectivity index (χ3n) is 1.75. The molecule has 1 rings (SSSR count). The minimum atomic E-state index is -2.62. The van der Waals surface area contributed by atoms with Crippen molar-refractivity contribution in [2.45, 2.75) is 28.6 Å². The van der Waals surface area contributed by atoms with Crippen LogP contribution < -0.4 is 0 Å². The number of hydrogen-bond donors (Lipinski definition) is 0. The highest BCUT2D eigenvalue weighted by Crippen LogP contribution is 2.26. The molecule has 0 spiro atoms. The van der Waals surface area contributed by atoms with Crippen LogP contribution in [0.2, 0.25) is 0 Å². The molecule has 0 nitrogen and oxygen atoms in total. The molecule has 1 heterocycles. The quantitative estimate of drug-likeness (QED) is 0.393. The summed E-state index contributed by atoms with van der Waals surface area (Å²) in [6.07, 6.45) is -7.53. The molecule has 0 aromatic rings. The van der Waals surface area contributed by atoms with Gasteiger partial charge >= 0.3 is 15.2 Å². The second kappa shape index (κ2) is 3.28. The van der Waals surface area contributed by atoms with Gasteiger partial charge in [0.1, 0.15) is 0 Å². The van der Waals surface area contributed by atoms with Crippen LogP contribution in [-0.4, -0.2) is 43.8 Å². The number of alkyl halides is 5. The average molecular weight is 188 g/mol. The minimum Gasteiger partial charge on any atom is -0.262 e. The third-order valence-corrected chi connectivity index (χ3v) is 3.55. The molecule has 0 aromatic carbocycles. The van der Waals surface area contributed by atoms with Crippen molar-refractivity contribution < 1.29 is 22.0 Å². The largest absolute Gasteiger partial charge is 0.353 e. The predicted octanol–water partition coefficient (Wildman–Crippen LogP) is 1.04. The molecule has 0 N–H and O–H groups in total. The van der Waals surface area contributed by atoms with Crippen LogP contribution in [0.5, 0.6) is 0 Å². The maximum absolute atomic E-state index is 12.3. The molecule has 6 heteroatoms. The van der Waals surface area contributed by atoms with Gasteiger partial charge in [0, 0.05) is 0 Å². The summed E-state index contributed by atoms with van der Waals surface area (Å²) < 4.78 is 61.4. The van der Waals surface area contributed by atoms with Crippen LogP contribution in [-0.2, 0) is 0 Å². The normalized spacial score (nSPS) is 51.9. The second-order valence-electron chi connectivity index (χ2n) is 2.60. The molecule has 4 atom stereocenters. The lowest BCUT2D eigenvalue weighted by Crippen LogP contribution is -2.52. The van der Waals surface area contributed by atoms with Crippen LogP contribution in [0.4, 0.5) is 22.0 Å². The molecule has 0 radical (unpaired) electrons. The van der Waals surface area contributed by atoms with Crippen LogP contribution in [0.3, 0.4) is 0 Å². The van der Waals surface area contributed by atoms with Crippen molar-refractivity contribution in [3.8, 4) is 0 Å². The molecule has 0 amide bonds. The number of rotatable bonds is 0. The van der Waals surface area contributed by atoms with E-state index >= 15 is 0 Å². The predicted molar refractivity (Wildman–Crippen MR) is 31.6 cm³/mol. The van der Waals surface area contributed by atoms with Crippen molar-refractivity contribution in [1.82, 2.24) is 0 Å². The highest BCUT2D eigenvalue weighted by molar-refractivity contribution is 6.39. The van der Waals surface area contributed by atoms with Crippen LogP contribution in [0.25, 0.3) is 0 Å². The molecule has 1 aliphatic rings. The lowest BCUT2D eigenvalue weighted by molar-refractivity contribution is 0.0166. The summed E-state index contributed by atoms with van der Waals surface area (Å²) in [5, 5.41) is -4.15. The van der Waals surface area contributed by atoms with Gasteiger partial charge in [-0.3, -0.25) is 8.78 Å². The SMILES string of the molecule is F[CH]1[AlH][CH](F)C(F)C(F)C1F. The van der Waals surface area contributed by atoms with E-state index in [4.69, 9.17) is 0 Å². The zero-order valence-electron chi connectivity index (χ0n) is 5.48. The summed E-state index contributed by atoms with van der Waals surface area (Å²) in [6, 6.07) is 0. The lowest BCUT2D eigenvalue weighted by atomic mass is 10.1. The molecule has 64 valence electrons. The van der Waals surface area contributed by atoms with Gasteiger partial charge in [0.2, 0.25) is 0 Å². The fourth-order valence-corrected chi connectivity index (χ4v) is 2.52. The zero-order chi connectivity index (χ0) is 8.59. The van der Waals surface area contributed by atoms with Crippen LogP contribution in [0.1, 0.15) is 0 Å². The van der Waals surface area contributed by atoms with Crippen molar-refractivity contribution >= 4 is 15.2 Å². The van der Waals surface area contributed by atoms with E-state index in [1.807, 2.05) is 0 Å². The summed E-state index contributed by atoms with van der Waals surface area (Å²) >= 11 is -2.09. The van der Waals surface area contributed by atoms with Gasteiger partial charge in [0.05, 0.1) is 10.1 Å². The monoisotopic (exact) mass is 188 g/mol. The second-order valence-corrected chi connectivity index (χ2v) is 4.63. The smallest absolute Gasteiger partial charge is 0.262 e. The van der Waals surface area contributed by atoms with Crippen LogP contribution in [0.15, 0.2) is 0 Å². The van der Waals surface area contributed by atoms with Crippen LogP contribution in [0, 0.1) is 0 Å². The topological polar surface area (TPSA) is 0 Å². The Morgan fingerprint density at radius 3 is 1.36 bits per heavy atom. The molecule has 0 saturated carbocycles. The van der Waals surface area contributed by atoms with E-state index in [9.17, 15) is 22.0 Å². The van der Waals surface area contributed by atoms with E-state index in [1.165, 1.54) is 0 Å². The molecule has 4 unspecified atom stereocenters. The van der Waals surface area contributed by atoms with Crippen LogP contribution >= 0.6 is 0 Å².